The number of rotatable bonds is 9. The van der Waals surface area contributed by atoms with Crippen LogP contribution in [0.2, 0.25) is 0 Å². The number of primary amides is 1. The molecule has 12 nitrogen and oxygen atoms in total. The zero-order chi connectivity index (χ0) is 21.6. The molecule has 0 saturated carbocycles. The highest BCUT2D eigenvalue weighted by atomic mass is 16.7. The Morgan fingerprint density at radius 3 is 2.34 bits per heavy atom. The number of aliphatic hydroxyl groups is 3. The molecule has 1 heterocycles. The smallest absolute Gasteiger partial charge is 0.404 e. The van der Waals surface area contributed by atoms with Crippen LogP contribution in [0, 0.1) is 0 Å². The molecule has 1 aliphatic rings. The van der Waals surface area contributed by atoms with E-state index in [1.54, 1.807) is 24.3 Å². The lowest BCUT2D eigenvalue weighted by atomic mass is 9.99. The molecule has 0 aliphatic carbocycles. The van der Waals surface area contributed by atoms with Crippen molar-refractivity contribution < 1.29 is 53.7 Å². The molecule has 2 rings (SSSR count). The molecule has 6 N–H and O–H groups in total. The van der Waals surface area contributed by atoms with Crippen molar-refractivity contribution in [2.45, 2.75) is 36.8 Å². The fourth-order valence-corrected chi connectivity index (χ4v) is 2.58. The van der Waals surface area contributed by atoms with Crippen LogP contribution in [0.4, 0.5) is 4.79 Å². The maximum absolute atomic E-state index is 11.2. The Bertz CT molecular complexity index is 700. The number of carboxylic acids is 1. The third-order valence-corrected chi connectivity index (χ3v) is 4.04. The first-order valence-corrected chi connectivity index (χ1v) is 8.50. The average molecular weight is 417 g/mol. The summed E-state index contributed by atoms with van der Waals surface area (Å²) in [6.45, 7) is -0.663. The third kappa shape index (κ3) is 5.92. The predicted molar refractivity (Wildman–Crippen MR) is 93.2 cm³/mol. The van der Waals surface area contributed by atoms with E-state index in [1.807, 2.05) is 0 Å². The molecule has 0 unspecified atom stereocenters. The number of benzene rings is 1. The van der Waals surface area contributed by atoms with E-state index in [0.717, 1.165) is 0 Å². The van der Waals surface area contributed by atoms with Crippen molar-refractivity contribution in [2.24, 2.45) is 5.73 Å². The van der Waals surface area contributed by atoms with Crippen LogP contribution in [0.5, 0.6) is 11.5 Å². The Morgan fingerprint density at radius 1 is 1.10 bits per heavy atom. The summed E-state index contributed by atoms with van der Waals surface area (Å²) in [5.41, 5.74) is 4.95. The van der Waals surface area contributed by atoms with Crippen LogP contribution in [0.3, 0.4) is 0 Å². The minimum absolute atomic E-state index is 0.239. The Labute approximate surface area is 165 Å². The van der Waals surface area contributed by atoms with Gasteiger partial charge in [0.1, 0.15) is 37.6 Å². The molecule has 12 heteroatoms. The van der Waals surface area contributed by atoms with Crippen molar-refractivity contribution in [1.82, 2.24) is 0 Å². The highest BCUT2D eigenvalue weighted by Gasteiger charge is 2.48. The number of hydrogen-bond donors (Lipinski definition) is 5. The Morgan fingerprint density at radius 2 is 1.76 bits per heavy atom. The number of methoxy groups -OCH3 is 1. The number of ether oxygens (including phenoxy) is 5. The summed E-state index contributed by atoms with van der Waals surface area (Å²) in [5.74, 6) is -0.806. The number of para-hydroxylation sites is 2. The van der Waals surface area contributed by atoms with Gasteiger partial charge < -0.3 is 49.8 Å². The normalized spacial score (nSPS) is 27.7. The van der Waals surface area contributed by atoms with Gasteiger partial charge in [-0.05, 0) is 12.1 Å². The molecular formula is C17H23NO11. The van der Waals surface area contributed by atoms with Gasteiger partial charge in [-0.15, -0.1) is 0 Å². The van der Waals surface area contributed by atoms with Gasteiger partial charge >= 0.3 is 12.1 Å². The quantitative estimate of drug-likeness (QED) is 0.313. The number of carboxylic acid groups (broad SMARTS) is 1. The monoisotopic (exact) mass is 417 g/mol. The van der Waals surface area contributed by atoms with Crippen LogP contribution in [-0.4, -0.2) is 89.6 Å². The largest absolute Gasteiger partial charge is 0.493 e. The van der Waals surface area contributed by atoms with Gasteiger partial charge in [0.2, 0.25) is 0 Å². The van der Waals surface area contributed by atoms with E-state index in [-0.39, 0.29) is 6.61 Å². The SMILES string of the molecule is COc1ccccc1OC[C@@H](COC(N)=O)O[C@@H]1O[C@H](C(=O)O)[C@@H](O)[C@H](O)[C@H]1O. The zero-order valence-corrected chi connectivity index (χ0v) is 15.4. The first kappa shape index (κ1) is 22.6. The number of aliphatic carboxylic acids is 1. The van der Waals surface area contributed by atoms with Crippen LogP contribution in [0.1, 0.15) is 0 Å². The van der Waals surface area contributed by atoms with E-state index in [4.69, 9.17) is 29.8 Å². The summed E-state index contributed by atoms with van der Waals surface area (Å²) in [6, 6.07) is 6.67. The molecule has 162 valence electrons. The topological polar surface area (TPSA) is 187 Å². The van der Waals surface area contributed by atoms with Gasteiger partial charge in [-0.25, -0.2) is 9.59 Å². The summed E-state index contributed by atoms with van der Waals surface area (Å²) >= 11 is 0. The third-order valence-electron chi connectivity index (χ3n) is 4.04. The Balaban J connectivity index is 2.10. The van der Waals surface area contributed by atoms with E-state index in [1.165, 1.54) is 7.11 Å². The average Bonchev–Trinajstić information content (AvgIpc) is 2.69. The molecule has 0 spiro atoms. The molecule has 0 bridgehead atoms. The molecule has 1 fully saturated rings. The van der Waals surface area contributed by atoms with Gasteiger partial charge in [0, 0.05) is 0 Å². The summed E-state index contributed by atoms with van der Waals surface area (Å²) in [7, 11) is 1.44. The zero-order valence-electron chi connectivity index (χ0n) is 15.4. The lowest BCUT2D eigenvalue weighted by Gasteiger charge is -2.39. The Hall–Kier alpha value is -2.64. The second-order valence-corrected chi connectivity index (χ2v) is 6.09. The minimum atomic E-state index is -1.87. The van der Waals surface area contributed by atoms with Crippen LogP contribution < -0.4 is 15.2 Å². The van der Waals surface area contributed by atoms with Crippen molar-refractivity contribution in [3.63, 3.8) is 0 Å². The van der Waals surface area contributed by atoms with E-state index in [9.17, 15) is 24.9 Å². The van der Waals surface area contributed by atoms with Crippen molar-refractivity contribution in [3.05, 3.63) is 24.3 Å². The molecule has 1 aromatic carbocycles. The molecular weight excluding hydrogens is 394 g/mol. The summed E-state index contributed by atoms with van der Waals surface area (Å²) in [4.78, 5) is 22.1. The van der Waals surface area contributed by atoms with Crippen LogP contribution in [-0.2, 0) is 19.0 Å². The number of aliphatic hydroxyl groups excluding tert-OH is 3. The number of carbonyl (C=O) groups is 2. The van der Waals surface area contributed by atoms with Gasteiger partial charge in [-0.1, -0.05) is 12.1 Å². The lowest BCUT2D eigenvalue weighted by Crippen LogP contribution is -2.61. The molecule has 1 aliphatic heterocycles. The number of carbonyl (C=O) groups excluding carboxylic acids is 1. The fourth-order valence-electron chi connectivity index (χ4n) is 2.58. The number of hydrogen-bond acceptors (Lipinski definition) is 10. The van der Waals surface area contributed by atoms with Crippen molar-refractivity contribution in [2.75, 3.05) is 20.3 Å². The molecule has 6 atom stereocenters. The van der Waals surface area contributed by atoms with Gasteiger partial charge in [0.05, 0.1) is 7.11 Å². The van der Waals surface area contributed by atoms with Crippen molar-refractivity contribution in [1.29, 1.82) is 0 Å². The molecule has 0 radical (unpaired) electrons. The molecule has 1 saturated heterocycles. The van der Waals surface area contributed by atoms with E-state index in [2.05, 4.69) is 4.74 Å². The first-order chi connectivity index (χ1) is 13.7. The summed E-state index contributed by atoms with van der Waals surface area (Å²) in [6.07, 6.45) is -11.2. The van der Waals surface area contributed by atoms with Crippen molar-refractivity contribution in [3.8, 4) is 11.5 Å². The maximum Gasteiger partial charge on any atom is 0.404 e. The highest BCUT2D eigenvalue weighted by molar-refractivity contribution is 5.73. The number of nitrogens with two attached hydrogens (primary N) is 1. The van der Waals surface area contributed by atoms with E-state index < -0.39 is 55.5 Å². The Kier molecular flexibility index (Phi) is 7.99. The van der Waals surface area contributed by atoms with Gasteiger partial charge in [-0.2, -0.15) is 0 Å². The highest BCUT2D eigenvalue weighted by Crippen LogP contribution is 2.27. The summed E-state index contributed by atoms with van der Waals surface area (Å²) < 4.78 is 25.9. The predicted octanol–water partition coefficient (Wildman–Crippen LogP) is -1.55. The standard InChI is InChI=1S/C17H23NO11/c1-25-9-4-2-3-5-10(9)26-6-8(7-27-17(18)24)28-16-13(21)11(19)12(20)14(29-16)15(22)23/h2-5,8,11-14,16,19-21H,6-7H2,1H3,(H2,18,24)(H,22,23)/t8-,11-,12-,13+,14-,16+/m0/s1. The lowest BCUT2D eigenvalue weighted by molar-refractivity contribution is -0.307. The fraction of sp³-hybridized carbons (Fsp3) is 0.529. The van der Waals surface area contributed by atoms with E-state index >= 15 is 0 Å². The molecule has 0 aromatic heterocycles. The second kappa shape index (κ2) is 10.2. The second-order valence-electron chi connectivity index (χ2n) is 6.09. The van der Waals surface area contributed by atoms with Gasteiger partial charge in [0.25, 0.3) is 0 Å². The van der Waals surface area contributed by atoms with Crippen LogP contribution in [0.25, 0.3) is 0 Å². The van der Waals surface area contributed by atoms with Gasteiger partial charge in [0.15, 0.2) is 23.9 Å². The maximum atomic E-state index is 11.2. The van der Waals surface area contributed by atoms with Crippen LogP contribution in [0.15, 0.2) is 24.3 Å². The first-order valence-electron chi connectivity index (χ1n) is 8.50. The molecule has 1 amide bonds. The molecule has 29 heavy (non-hydrogen) atoms. The molecule has 1 aromatic rings. The minimum Gasteiger partial charge on any atom is -0.493 e. The van der Waals surface area contributed by atoms with E-state index in [0.29, 0.717) is 11.5 Å². The van der Waals surface area contributed by atoms with Crippen molar-refractivity contribution >= 4 is 12.1 Å². The van der Waals surface area contributed by atoms with Crippen LogP contribution >= 0.6 is 0 Å². The van der Waals surface area contributed by atoms with Gasteiger partial charge in [-0.3, -0.25) is 0 Å². The summed E-state index contributed by atoms with van der Waals surface area (Å²) in [5, 5.41) is 38.7. The number of amides is 1.